The summed E-state index contributed by atoms with van der Waals surface area (Å²) in [5.74, 6) is 0. The Morgan fingerprint density at radius 3 is 2.06 bits per heavy atom. The molecule has 4 heteroatoms. The first kappa shape index (κ1) is 22.4. The molecule has 1 aliphatic rings. The predicted molar refractivity (Wildman–Crippen MR) is 130 cm³/mol. The largest absolute Gasteiger partial charge is 1.00 e. The van der Waals surface area contributed by atoms with E-state index in [1.54, 1.807) is 0 Å². The molecule has 2 heterocycles. The number of anilines is 1. The molecule has 0 fully saturated rings. The summed E-state index contributed by atoms with van der Waals surface area (Å²) in [5.41, 5.74) is 7.49. The fourth-order valence-electron chi connectivity index (χ4n) is 4.23. The Kier molecular flexibility index (Phi) is 6.83. The van der Waals surface area contributed by atoms with Gasteiger partial charge in [0.05, 0.1) is 10.7 Å². The standard InChI is InChI=1S/C28H25N2S.BrH/c1-21-17-24(18-22(2)30(21)25-13-7-4-8-14-25)19-28-29(20-23-11-5-3-6-12-23)26-15-9-10-16-27(26)31-28;/h3-19H,20H2,1-2H3;1H/q+1;/p-1. The van der Waals surface area contributed by atoms with Crippen molar-refractivity contribution in [2.75, 3.05) is 4.90 Å². The number of aryl methyl sites for hydroxylation is 2. The second-order valence-corrected chi connectivity index (χ2v) is 8.93. The molecule has 5 rings (SSSR count). The van der Waals surface area contributed by atoms with E-state index in [0.29, 0.717) is 0 Å². The van der Waals surface area contributed by atoms with E-state index in [9.17, 15) is 0 Å². The summed E-state index contributed by atoms with van der Waals surface area (Å²) >= 11 is 1.85. The van der Waals surface area contributed by atoms with Crippen LogP contribution in [0.25, 0.3) is 11.8 Å². The van der Waals surface area contributed by atoms with Crippen LogP contribution >= 0.6 is 11.8 Å². The number of para-hydroxylation sites is 2. The maximum atomic E-state index is 2.43. The smallest absolute Gasteiger partial charge is 0.211 e. The number of thioether (sulfide) groups is 1. The molecular formula is C28H25BrN2S. The quantitative estimate of drug-likeness (QED) is 0.394. The van der Waals surface area contributed by atoms with E-state index in [1.807, 2.05) is 11.8 Å². The van der Waals surface area contributed by atoms with Gasteiger partial charge in [-0.1, -0.05) is 72.4 Å². The number of rotatable bonds is 4. The SMILES string of the molecule is Cc1cc(/C=C2\Sc3ccccc3N2Cc2ccccc2)cc(C)[n+]1-c1ccccc1.[Br-]. The molecule has 1 aromatic heterocycles. The molecule has 4 aromatic rings. The van der Waals surface area contributed by atoms with Crippen molar-refractivity contribution >= 4 is 23.5 Å². The summed E-state index contributed by atoms with van der Waals surface area (Å²) in [4.78, 5) is 3.74. The summed E-state index contributed by atoms with van der Waals surface area (Å²) in [5, 5.41) is 1.27. The number of hydrogen-bond donors (Lipinski definition) is 0. The predicted octanol–water partition coefficient (Wildman–Crippen LogP) is 3.70. The van der Waals surface area contributed by atoms with Crippen molar-refractivity contribution < 1.29 is 21.5 Å². The number of fused-ring (bicyclic) bond motifs is 1. The lowest BCUT2D eigenvalue weighted by atomic mass is 10.1. The summed E-state index contributed by atoms with van der Waals surface area (Å²) < 4.78 is 2.31. The molecule has 3 aromatic carbocycles. The normalized spacial score (nSPS) is 13.7. The number of nitrogens with zero attached hydrogens (tertiary/aromatic N) is 2. The fraction of sp³-hybridized carbons (Fsp3) is 0.107. The number of aromatic nitrogens is 1. The molecular weight excluding hydrogens is 476 g/mol. The van der Waals surface area contributed by atoms with Crippen molar-refractivity contribution in [2.45, 2.75) is 25.3 Å². The van der Waals surface area contributed by atoms with Gasteiger partial charge in [0, 0.05) is 49.6 Å². The van der Waals surface area contributed by atoms with Gasteiger partial charge in [0.25, 0.3) is 0 Å². The van der Waals surface area contributed by atoms with Crippen LogP contribution in [0, 0.1) is 13.8 Å². The molecule has 160 valence electrons. The van der Waals surface area contributed by atoms with Crippen LogP contribution < -0.4 is 26.4 Å². The molecule has 32 heavy (non-hydrogen) atoms. The molecule has 0 amide bonds. The van der Waals surface area contributed by atoms with Crippen LogP contribution in [0.2, 0.25) is 0 Å². The van der Waals surface area contributed by atoms with E-state index in [4.69, 9.17) is 0 Å². The molecule has 0 atom stereocenters. The zero-order valence-corrected chi connectivity index (χ0v) is 20.6. The maximum Gasteiger partial charge on any atom is 0.211 e. The van der Waals surface area contributed by atoms with Gasteiger partial charge in [-0.2, -0.15) is 4.57 Å². The molecule has 2 nitrogen and oxygen atoms in total. The molecule has 1 aliphatic heterocycles. The van der Waals surface area contributed by atoms with Gasteiger partial charge < -0.3 is 21.9 Å². The molecule has 0 saturated carbocycles. The third-order valence-electron chi connectivity index (χ3n) is 5.58. The van der Waals surface area contributed by atoms with Crippen LogP contribution in [0.4, 0.5) is 5.69 Å². The van der Waals surface area contributed by atoms with Crippen LogP contribution in [-0.2, 0) is 6.54 Å². The number of hydrogen-bond acceptors (Lipinski definition) is 2. The Labute approximate surface area is 205 Å². The minimum Gasteiger partial charge on any atom is -1.00 e. The van der Waals surface area contributed by atoms with Crippen molar-refractivity contribution in [3.63, 3.8) is 0 Å². The Hall–Kier alpha value is -2.82. The van der Waals surface area contributed by atoms with E-state index in [0.717, 1.165) is 6.54 Å². The highest BCUT2D eigenvalue weighted by molar-refractivity contribution is 8.03. The first-order valence-corrected chi connectivity index (χ1v) is 11.4. The third kappa shape index (κ3) is 4.52. The highest BCUT2D eigenvalue weighted by Crippen LogP contribution is 2.47. The van der Waals surface area contributed by atoms with Crippen molar-refractivity contribution in [1.82, 2.24) is 0 Å². The van der Waals surface area contributed by atoms with Gasteiger partial charge in [0.15, 0.2) is 11.4 Å². The Morgan fingerprint density at radius 2 is 1.38 bits per heavy atom. The summed E-state index contributed by atoms with van der Waals surface area (Å²) in [7, 11) is 0. The van der Waals surface area contributed by atoms with Crippen molar-refractivity contribution in [3.05, 3.63) is 125 Å². The Bertz CT molecular complexity index is 1230. The first-order valence-electron chi connectivity index (χ1n) is 10.6. The summed E-state index contributed by atoms with van der Waals surface area (Å²) in [6, 6.07) is 34.5. The van der Waals surface area contributed by atoms with E-state index < -0.39 is 0 Å². The topological polar surface area (TPSA) is 7.12 Å². The lowest BCUT2D eigenvalue weighted by Gasteiger charge is -2.21. The molecule has 0 radical (unpaired) electrons. The highest BCUT2D eigenvalue weighted by Gasteiger charge is 2.25. The lowest BCUT2D eigenvalue weighted by Crippen LogP contribution is -3.00. The van der Waals surface area contributed by atoms with E-state index in [2.05, 4.69) is 126 Å². The minimum atomic E-state index is 0. The molecule has 0 spiro atoms. The average Bonchev–Trinajstić information content (AvgIpc) is 3.12. The fourth-order valence-corrected chi connectivity index (χ4v) is 5.35. The number of halogens is 1. The van der Waals surface area contributed by atoms with Gasteiger partial charge in [-0.05, 0) is 29.3 Å². The van der Waals surface area contributed by atoms with Gasteiger partial charge in [0.2, 0.25) is 5.69 Å². The van der Waals surface area contributed by atoms with Crippen LogP contribution in [-0.4, -0.2) is 0 Å². The van der Waals surface area contributed by atoms with Gasteiger partial charge in [-0.15, -0.1) is 0 Å². The zero-order chi connectivity index (χ0) is 21.2. The molecule has 0 saturated heterocycles. The number of pyridine rings is 1. The molecule has 0 unspecified atom stereocenters. The second kappa shape index (κ2) is 9.76. The Balaban J connectivity index is 0.00000245. The maximum absolute atomic E-state index is 2.43. The Morgan fingerprint density at radius 1 is 0.781 bits per heavy atom. The summed E-state index contributed by atoms with van der Waals surface area (Å²) in [6.07, 6.45) is 2.32. The second-order valence-electron chi connectivity index (χ2n) is 7.87. The van der Waals surface area contributed by atoms with Gasteiger partial charge >= 0.3 is 0 Å². The van der Waals surface area contributed by atoms with Crippen molar-refractivity contribution in [2.24, 2.45) is 0 Å². The zero-order valence-electron chi connectivity index (χ0n) is 18.2. The van der Waals surface area contributed by atoms with E-state index in [1.165, 1.54) is 43.8 Å². The van der Waals surface area contributed by atoms with Crippen LogP contribution in [0.1, 0.15) is 22.5 Å². The lowest BCUT2D eigenvalue weighted by molar-refractivity contribution is -0.609. The first-order chi connectivity index (χ1) is 15.2. The molecule has 0 N–H and O–H groups in total. The minimum absolute atomic E-state index is 0. The number of benzene rings is 3. The highest BCUT2D eigenvalue weighted by atomic mass is 79.9. The monoisotopic (exact) mass is 500 g/mol. The molecule has 0 bridgehead atoms. The van der Waals surface area contributed by atoms with Crippen LogP contribution in [0.5, 0.6) is 0 Å². The van der Waals surface area contributed by atoms with Gasteiger partial charge in [-0.3, -0.25) is 0 Å². The van der Waals surface area contributed by atoms with Crippen molar-refractivity contribution in [3.8, 4) is 5.69 Å². The third-order valence-corrected chi connectivity index (χ3v) is 6.69. The summed E-state index contributed by atoms with van der Waals surface area (Å²) in [6.45, 7) is 5.23. The average molecular weight is 501 g/mol. The van der Waals surface area contributed by atoms with Crippen LogP contribution in [0.15, 0.2) is 107 Å². The van der Waals surface area contributed by atoms with E-state index >= 15 is 0 Å². The van der Waals surface area contributed by atoms with Crippen LogP contribution in [0.3, 0.4) is 0 Å². The molecule has 0 aliphatic carbocycles. The van der Waals surface area contributed by atoms with Gasteiger partial charge in [-0.25, -0.2) is 0 Å². The van der Waals surface area contributed by atoms with Crippen molar-refractivity contribution in [1.29, 1.82) is 0 Å². The van der Waals surface area contributed by atoms with Gasteiger partial charge in [0.1, 0.15) is 0 Å². The van der Waals surface area contributed by atoms with E-state index in [-0.39, 0.29) is 17.0 Å².